The van der Waals surface area contributed by atoms with Gasteiger partial charge in [0.05, 0.1) is 11.9 Å². The Bertz CT molecular complexity index is 778. The first-order valence-corrected chi connectivity index (χ1v) is 11.7. The fourth-order valence-corrected chi connectivity index (χ4v) is 4.06. The largest absolute Gasteiger partial charge is 0.377 e. The molecule has 1 aromatic rings. The van der Waals surface area contributed by atoms with Crippen molar-refractivity contribution in [1.29, 1.82) is 0 Å². The molecule has 1 saturated heterocycles. The summed E-state index contributed by atoms with van der Waals surface area (Å²) in [4.78, 5) is 4.13. The fraction of sp³-hybridized carbons (Fsp3) is 0.650. The monoisotopic (exact) mass is 428 g/mol. The van der Waals surface area contributed by atoms with Crippen molar-refractivity contribution in [2.24, 2.45) is 4.99 Å². The van der Waals surface area contributed by atoms with Gasteiger partial charge in [0, 0.05) is 38.7 Å². The van der Waals surface area contributed by atoms with Crippen LogP contribution in [0.2, 0.25) is 0 Å². The first-order valence-electron chi connectivity index (χ1n) is 10.0. The van der Waals surface area contributed by atoms with Gasteiger partial charge >= 0.3 is 0 Å². The molecule has 0 amide bonds. The summed E-state index contributed by atoms with van der Waals surface area (Å²) in [5.74, 6) is 0.169. The number of halogens is 1. The van der Waals surface area contributed by atoms with Gasteiger partial charge in [0.2, 0.25) is 10.0 Å². The summed E-state index contributed by atoms with van der Waals surface area (Å²) in [6.45, 7) is 5.76. The molecule has 1 heterocycles. The Balaban J connectivity index is 1.75. The van der Waals surface area contributed by atoms with Crippen molar-refractivity contribution in [1.82, 2.24) is 15.4 Å². The molecule has 0 bridgehead atoms. The van der Waals surface area contributed by atoms with Crippen molar-refractivity contribution in [2.75, 3.05) is 39.0 Å². The third-order valence-electron chi connectivity index (χ3n) is 5.00. The topological polar surface area (TPSA) is 91.8 Å². The van der Waals surface area contributed by atoms with Gasteiger partial charge < -0.3 is 15.4 Å². The molecule has 164 valence electrons. The first-order chi connectivity index (χ1) is 13.7. The molecule has 3 N–H and O–H groups in total. The number of guanidine groups is 1. The second-order valence-corrected chi connectivity index (χ2v) is 9.83. The lowest BCUT2D eigenvalue weighted by Crippen LogP contribution is -2.45. The van der Waals surface area contributed by atoms with Crippen LogP contribution in [0.3, 0.4) is 0 Å². The highest BCUT2D eigenvalue weighted by molar-refractivity contribution is 7.89. The van der Waals surface area contributed by atoms with Crippen LogP contribution in [0, 0.1) is 5.82 Å². The molecular formula is C20H33FN4O3S. The van der Waals surface area contributed by atoms with Crippen LogP contribution in [0.4, 0.5) is 4.39 Å². The number of benzene rings is 1. The van der Waals surface area contributed by atoms with Crippen LogP contribution in [0.25, 0.3) is 0 Å². The van der Waals surface area contributed by atoms with E-state index in [1.807, 2.05) is 19.9 Å². The molecule has 0 radical (unpaired) electrons. The Morgan fingerprint density at radius 1 is 1.31 bits per heavy atom. The van der Waals surface area contributed by atoms with E-state index in [1.165, 1.54) is 12.1 Å². The molecule has 1 fully saturated rings. The van der Waals surface area contributed by atoms with Crippen LogP contribution >= 0.6 is 0 Å². The van der Waals surface area contributed by atoms with Crippen LogP contribution < -0.4 is 15.4 Å². The van der Waals surface area contributed by atoms with Crippen molar-refractivity contribution in [3.05, 3.63) is 35.6 Å². The lowest BCUT2D eigenvalue weighted by Gasteiger charge is -2.27. The summed E-state index contributed by atoms with van der Waals surface area (Å²) in [7, 11) is -1.77. The molecule has 29 heavy (non-hydrogen) atoms. The smallest absolute Gasteiger partial charge is 0.213 e. The maximum Gasteiger partial charge on any atom is 0.213 e. The highest BCUT2D eigenvalue weighted by atomic mass is 32.2. The summed E-state index contributed by atoms with van der Waals surface area (Å²) in [5.41, 5.74) is 0.546. The molecule has 2 rings (SSSR count). The number of hydrogen-bond donors (Lipinski definition) is 3. The molecule has 0 aromatic heterocycles. The fourth-order valence-electron chi connectivity index (χ4n) is 3.10. The Kier molecular flexibility index (Phi) is 8.85. The zero-order chi connectivity index (χ0) is 21.3. The highest BCUT2D eigenvalue weighted by Gasteiger charge is 2.22. The van der Waals surface area contributed by atoms with Gasteiger partial charge in [0.1, 0.15) is 5.82 Å². The van der Waals surface area contributed by atoms with Crippen molar-refractivity contribution >= 4 is 16.0 Å². The van der Waals surface area contributed by atoms with E-state index in [1.54, 1.807) is 13.1 Å². The molecule has 1 aliphatic heterocycles. The number of sulfonamides is 1. The number of nitrogens with zero attached hydrogens (tertiary/aromatic N) is 1. The molecule has 9 heteroatoms. The molecule has 1 atom stereocenters. The van der Waals surface area contributed by atoms with Crippen molar-refractivity contribution in [3.8, 4) is 0 Å². The Morgan fingerprint density at radius 2 is 2.10 bits per heavy atom. The third-order valence-corrected chi connectivity index (χ3v) is 6.34. The predicted molar refractivity (Wildman–Crippen MR) is 114 cm³/mol. The Hall–Kier alpha value is -1.71. The van der Waals surface area contributed by atoms with Gasteiger partial charge in [0.15, 0.2) is 5.96 Å². The quantitative estimate of drug-likeness (QED) is 0.412. The van der Waals surface area contributed by atoms with E-state index in [2.05, 4.69) is 20.3 Å². The van der Waals surface area contributed by atoms with E-state index < -0.39 is 10.0 Å². The molecule has 0 spiro atoms. The standard InChI is InChI=1S/C20H33FN4O3S/c1-20(2,16-7-6-8-17(21)13-16)15-24-19(22-3)23-10-12-29(26,27)25-14-18-9-4-5-11-28-18/h6-8,13,18,25H,4-5,9-12,14-15H2,1-3H3,(H2,22,23,24). The van der Waals surface area contributed by atoms with Crippen LogP contribution in [-0.2, 0) is 20.2 Å². The highest BCUT2D eigenvalue weighted by Crippen LogP contribution is 2.22. The summed E-state index contributed by atoms with van der Waals surface area (Å²) in [6.07, 6.45) is 2.96. The zero-order valence-electron chi connectivity index (χ0n) is 17.5. The molecule has 1 aliphatic rings. The molecule has 1 aromatic carbocycles. The second kappa shape index (κ2) is 10.9. The van der Waals surface area contributed by atoms with Gasteiger partial charge in [-0.2, -0.15) is 0 Å². The van der Waals surface area contributed by atoms with Crippen molar-refractivity contribution in [2.45, 2.75) is 44.6 Å². The SMILES string of the molecule is CN=C(NCCS(=O)(=O)NCC1CCCCO1)NCC(C)(C)c1cccc(F)c1. The minimum absolute atomic E-state index is 0.0361. The zero-order valence-corrected chi connectivity index (χ0v) is 18.3. The van der Waals surface area contributed by atoms with E-state index in [0.717, 1.165) is 24.8 Å². The summed E-state index contributed by atoms with van der Waals surface area (Å²) in [6, 6.07) is 6.51. The van der Waals surface area contributed by atoms with Gasteiger partial charge in [-0.3, -0.25) is 4.99 Å². The summed E-state index contributed by atoms with van der Waals surface area (Å²) >= 11 is 0. The number of rotatable bonds is 9. The van der Waals surface area contributed by atoms with Crippen LogP contribution in [0.5, 0.6) is 0 Å². The predicted octanol–water partition coefficient (Wildman–Crippen LogP) is 1.76. The van der Waals surface area contributed by atoms with Crippen LogP contribution in [0.15, 0.2) is 29.3 Å². The van der Waals surface area contributed by atoms with Gasteiger partial charge in [0.25, 0.3) is 0 Å². The average molecular weight is 429 g/mol. The Labute approximate surface area is 173 Å². The van der Waals surface area contributed by atoms with Crippen LogP contribution in [0.1, 0.15) is 38.7 Å². The number of aliphatic imine (C=N–C) groups is 1. The lowest BCUT2D eigenvalue weighted by molar-refractivity contribution is 0.0200. The van der Waals surface area contributed by atoms with E-state index in [-0.39, 0.29) is 29.6 Å². The van der Waals surface area contributed by atoms with Crippen molar-refractivity contribution < 1.29 is 17.5 Å². The molecule has 0 aliphatic carbocycles. The molecule has 0 saturated carbocycles. The normalized spacial score (nSPS) is 18.5. The maximum absolute atomic E-state index is 13.5. The van der Waals surface area contributed by atoms with E-state index in [9.17, 15) is 12.8 Å². The van der Waals surface area contributed by atoms with E-state index in [4.69, 9.17) is 4.74 Å². The maximum atomic E-state index is 13.5. The first kappa shape index (κ1) is 23.6. The molecule has 7 nitrogen and oxygen atoms in total. The average Bonchev–Trinajstić information content (AvgIpc) is 2.70. The number of ether oxygens (including phenoxy) is 1. The van der Waals surface area contributed by atoms with Crippen molar-refractivity contribution in [3.63, 3.8) is 0 Å². The summed E-state index contributed by atoms with van der Waals surface area (Å²) in [5, 5.41) is 6.19. The third kappa shape index (κ3) is 8.28. The number of nitrogens with one attached hydrogen (secondary N) is 3. The number of hydrogen-bond acceptors (Lipinski definition) is 4. The van der Waals surface area contributed by atoms with Gasteiger partial charge in [-0.1, -0.05) is 26.0 Å². The minimum Gasteiger partial charge on any atom is -0.377 e. The minimum atomic E-state index is -3.39. The molecular weight excluding hydrogens is 395 g/mol. The molecule has 1 unspecified atom stereocenters. The van der Waals surface area contributed by atoms with E-state index in [0.29, 0.717) is 25.7 Å². The Morgan fingerprint density at radius 3 is 2.76 bits per heavy atom. The van der Waals surface area contributed by atoms with Crippen LogP contribution in [-0.4, -0.2) is 59.5 Å². The summed E-state index contributed by atoms with van der Waals surface area (Å²) < 4.78 is 46.0. The lowest BCUT2D eigenvalue weighted by atomic mass is 9.84. The van der Waals surface area contributed by atoms with Gasteiger partial charge in [-0.05, 0) is 37.0 Å². The van der Waals surface area contributed by atoms with Gasteiger partial charge in [-0.25, -0.2) is 17.5 Å². The van der Waals surface area contributed by atoms with E-state index >= 15 is 0 Å². The van der Waals surface area contributed by atoms with Gasteiger partial charge in [-0.15, -0.1) is 0 Å². The second-order valence-electron chi connectivity index (χ2n) is 7.90.